The minimum absolute atomic E-state index is 0.415. The van der Waals surface area contributed by atoms with E-state index in [1.807, 2.05) is 12.1 Å². The van der Waals surface area contributed by atoms with E-state index in [1.54, 1.807) is 6.07 Å². The first-order valence-electron chi connectivity index (χ1n) is 5.60. The van der Waals surface area contributed by atoms with Crippen LogP contribution < -0.4 is 4.74 Å². The van der Waals surface area contributed by atoms with Gasteiger partial charge in [-0.2, -0.15) is 0 Å². The van der Waals surface area contributed by atoms with Crippen LogP contribution in [0.2, 0.25) is 13.7 Å². The molecule has 2 aromatic rings. The number of alkyl halides is 1. The molecule has 1 atom stereocenters. The van der Waals surface area contributed by atoms with Crippen LogP contribution >= 0.6 is 57.7 Å². The van der Waals surface area contributed by atoms with Gasteiger partial charge in [0.1, 0.15) is 5.75 Å². The van der Waals surface area contributed by atoms with E-state index in [0.717, 1.165) is 28.9 Å². The first-order chi connectivity index (χ1) is 9.06. The Bertz CT molecular complexity index is 638. The van der Waals surface area contributed by atoms with E-state index in [-0.39, 0.29) is 0 Å². The second-order valence-corrected chi connectivity index (χ2v) is 7.38. The highest BCUT2D eigenvalue weighted by atomic mass is 35.5. The molecule has 0 amide bonds. The van der Waals surface area contributed by atoms with Gasteiger partial charge in [0.05, 0.1) is 20.7 Å². The van der Waals surface area contributed by atoms with Gasteiger partial charge in [0.25, 0.3) is 0 Å². The topological polar surface area (TPSA) is 9.23 Å². The summed E-state index contributed by atoms with van der Waals surface area (Å²) >= 11 is 26.1. The van der Waals surface area contributed by atoms with Gasteiger partial charge in [-0.05, 0) is 23.8 Å². The second kappa shape index (κ2) is 5.34. The van der Waals surface area contributed by atoms with Gasteiger partial charge < -0.3 is 4.74 Å². The molecule has 1 unspecified atom stereocenters. The number of hydrogen-bond donors (Lipinski definition) is 0. The summed E-state index contributed by atoms with van der Waals surface area (Å²) in [6.07, 6.45) is 0.852. The summed E-state index contributed by atoms with van der Waals surface area (Å²) in [4.78, 5) is 0. The van der Waals surface area contributed by atoms with E-state index in [2.05, 4.69) is 0 Å². The fourth-order valence-electron chi connectivity index (χ4n) is 2.18. The fraction of sp³-hybridized carbons (Fsp3) is 0.231. The molecule has 0 saturated heterocycles. The zero-order valence-electron chi connectivity index (χ0n) is 9.55. The number of thiophene rings is 1. The highest BCUT2D eigenvalue weighted by molar-refractivity contribution is 7.20. The molecule has 2 heterocycles. The number of hydrogen-bond acceptors (Lipinski definition) is 2. The molecule has 0 aliphatic carbocycles. The summed E-state index contributed by atoms with van der Waals surface area (Å²) in [5, 5.41) is 0.240. The third-order valence-electron chi connectivity index (χ3n) is 3.01. The Hall–Kier alpha value is -0.120. The van der Waals surface area contributed by atoms with Gasteiger partial charge in [-0.3, -0.25) is 0 Å². The van der Waals surface area contributed by atoms with Crippen molar-refractivity contribution >= 4 is 57.7 Å². The van der Waals surface area contributed by atoms with E-state index < -0.39 is 5.38 Å². The molecule has 0 radical (unpaired) electrons. The Morgan fingerprint density at radius 2 is 1.89 bits per heavy atom. The zero-order chi connectivity index (χ0) is 13.6. The average Bonchev–Trinajstić information content (AvgIpc) is 2.93. The van der Waals surface area contributed by atoms with Crippen molar-refractivity contribution in [3.63, 3.8) is 0 Å². The van der Waals surface area contributed by atoms with Crippen molar-refractivity contribution in [2.45, 2.75) is 11.8 Å². The smallest absolute Gasteiger partial charge is 0.127 e. The first kappa shape index (κ1) is 13.8. The molecule has 19 heavy (non-hydrogen) atoms. The lowest BCUT2D eigenvalue weighted by Gasteiger charge is -2.14. The van der Waals surface area contributed by atoms with Crippen LogP contribution in [-0.4, -0.2) is 6.61 Å². The van der Waals surface area contributed by atoms with Crippen molar-refractivity contribution in [1.29, 1.82) is 0 Å². The van der Waals surface area contributed by atoms with Crippen molar-refractivity contribution in [3.05, 3.63) is 48.6 Å². The summed E-state index contributed by atoms with van der Waals surface area (Å²) in [6.45, 7) is 0.657. The number of halogens is 4. The van der Waals surface area contributed by atoms with Crippen LogP contribution in [0.4, 0.5) is 0 Å². The number of ether oxygens (including phenoxy) is 1. The molecule has 3 rings (SSSR count). The van der Waals surface area contributed by atoms with Crippen LogP contribution in [0.5, 0.6) is 5.75 Å². The van der Waals surface area contributed by atoms with Crippen molar-refractivity contribution in [1.82, 2.24) is 0 Å². The van der Waals surface area contributed by atoms with E-state index in [4.69, 9.17) is 51.1 Å². The monoisotopic (exact) mass is 352 g/mol. The Labute approximate surface area is 135 Å². The lowest BCUT2D eigenvalue weighted by molar-refractivity contribution is 0.353. The number of benzene rings is 1. The fourth-order valence-corrected chi connectivity index (χ4v) is 4.42. The molecule has 0 spiro atoms. The summed E-state index contributed by atoms with van der Waals surface area (Å²) in [6, 6.07) is 5.53. The van der Waals surface area contributed by atoms with Crippen molar-refractivity contribution in [2.75, 3.05) is 6.61 Å². The highest BCUT2D eigenvalue weighted by Crippen LogP contribution is 2.45. The molecule has 0 saturated carbocycles. The van der Waals surface area contributed by atoms with Crippen LogP contribution in [-0.2, 0) is 6.42 Å². The van der Waals surface area contributed by atoms with Crippen molar-refractivity contribution in [2.24, 2.45) is 0 Å². The van der Waals surface area contributed by atoms with Gasteiger partial charge in [-0.1, -0.05) is 34.8 Å². The molecule has 6 heteroatoms. The van der Waals surface area contributed by atoms with E-state index in [0.29, 0.717) is 20.3 Å². The summed E-state index contributed by atoms with van der Waals surface area (Å²) in [5.74, 6) is 0.822. The third-order valence-corrected chi connectivity index (χ3v) is 5.21. The maximum Gasteiger partial charge on any atom is 0.127 e. The molecule has 1 aromatic heterocycles. The Kier molecular flexibility index (Phi) is 3.89. The maximum atomic E-state index is 6.53. The van der Waals surface area contributed by atoms with Gasteiger partial charge in [0.2, 0.25) is 0 Å². The molecule has 1 aliphatic heterocycles. The maximum absolute atomic E-state index is 6.53. The molecule has 0 N–H and O–H groups in total. The summed E-state index contributed by atoms with van der Waals surface area (Å²) in [7, 11) is 0. The van der Waals surface area contributed by atoms with Gasteiger partial charge in [0, 0.05) is 22.6 Å². The predicted octanol–water partition coefficient (Wildman–Crippen LogP) is 5.97. The molecular formula is C13H8Cl4OS. The molecular weight excluding hydrogens is 346 g/mol. The van der Waals surface area contributed by atoms with Gasteiger partial charge in [-0.15, -0.1) is 22.9 Å². The molecule has 0 bridgehead atoms. The molecule has 100 valence electrons. The first-order valence-corrected chi connectivity index (χ1v) is 7.99. The van der Waals surface area contributed by atoms with Crippen LogP contribution in [0.1, 0.15) is 22.1 Å². The number of fused-ring (bicyclic) bond motifs is 1. The van der Waals surface area contributed by atoms with E-state index in [1.165, 1.54) is 11.3 Å². The molecule has 1 aromatic carbocycles. The summed E-state index contributed by atoms with van der Waals surface area (Å²) < 4.78 is 6.87. The minimum atomic E-state index is -0.415. The molecule has 0 fully saturated rings. The largest absolute Gasteiger partial charge is 0.493 e. The highest BCUT2D eigenvalue weighted by Gasteiger charge is 2.25. The number of rotatable bonds is 2. The van der Waals surface area contributed by atoms with Crippen LogP contribution in [0.25, 0.3) is 0 Å². The second-order valence-electron chi connectivity index (χ2n) is 4.22. The van der Waals surface area contributed by atoms with Crippen LogP contribution in [0.15, 0.2) is 18.2 Å². The molecule has 1 nitrogen and oxygen atoms in total. The zero-order valence-corrected chi connectivity index (χ0v) is 13.4. The van der Waals surface area contributed by atoms with Crippen LogP contribution in [0.3, 0.4) is 0 Å². The van der Waals surface area contributed by atoms with E-state index in [9.17, 15) is 0 Å². The van der Waals surface area contributed by atoms with Crippen LogP contribution in [0, 0.1) is 0 Å². The standard InChI is InChI=1S/C13H8Cl4OS/c14-7-3-6-1-2-18-12(6)8(4-7)11(16)9-5-10(15)19-13(9)17/h3-5,11H,1-2H2. The quantitative estimate of drug-likeness (QED) is 0.604. The third kappa shape index (κ3) is 2.57. The normalized spacial score (nSPS) is 15.2. The van der Waals surface area contributed by atoms with Crippen molar-refractivity contribution < 1.29 is 4.74 Å². The Morgan fingerprint density at radius 3 is 2.58 bits per heavy atom. The summed E-state index contributed by atoms with van der Waals surface area (Å²) in [5.41, 5.74) is 2.72. The lowest BCUT2D eigenvalue weighted by atomic mass is 10.0. The van der Waals surface area contributed by atoms with Gasteiger partial charge >= 0.3 is 0 Å². The average molecular weight is 354 g/mol. The van der Waals surface area contributed by atoms with Gasteiger partial charge in [0.15, 0.2) is 0 Å². The predicted molar refractivity (Wildman–Crippen MR) is 82.7 cm³/mol. The molecule has 1 aliphatic rings. The van der Waals surface area contributed by atoms with E-state index >= 15 is 0 Å². The Balaban J connectivity index is 2.09. The Morgan fingerprint density at radius 1 is 1.11 bits per heavy atom. The lowest BCUT2D eigenvalue weighted by Crippen LogP contribution is -1.97. The minimum Gasteiger partial charge on any atom is -0.493 e. The van der Waals surface area contributed by atoms with Gasteiger partial charge in [-0.25, -0.2) is 0 Å². The van der Waals surface area contributed by atoms with Crippen molar-refractivity contribution in [3.8, 4) is 5.75 Å². The SMILES string of the molecule is Clc1cc2c(c(C(Cl)c3cc(Cl)sc3Cl)c1)OCC2.